The van der Waals surface area contributed by atoms with E-state index in [-0.39, 0.29) is 23.6 Å². The Kier molecular flexibility index (Phi) is 8.54. The van der Waals surface area contributed by atoms with Gasteiger partial charge in [-0.3, -0.25) is 4.79 Å². The highest BCUT2D eigenvalue weighted by Crippen LogP contribution is 2.48. The van der Waals surface area contributed by atoms with Crippen molar-refractivity contribution in [2.45, 2.75) is 76.7 Å². The van der Waals surface area contributed by atoms with Gasteiger partial charge in [0.05, 0.1) is 23.8 Å². The summed E-state index contributed by atoms with van der Waals surface area (Å²) < 4.78 is 17.5. The number of halogens is 1. The van der Waals surface area contributed by atoms with E-state index in [0.29, 0.717) is 52.1 Å². The van der Waals surface area contributed by atoms with Gasteiger partial charge in [0.1, 0.15) is 11.9 Å². The minimum atomic E-state index is -0.646. The highest BCUT2D eigenvalue weighted by molar-refractivity contribution is 9.10. The van der Waals surface area contributed by atoms with Gasteiger partial charge in [-0.25, -0.2) is 4.79 Å². The Morgan fingerprint density at radius 3 is 2.48 bits per heavy atom. The van der Waals surface area contributed by atoms with E-state index >= 15 is 0 Å². The van der Waals surface area contributed by atoms with Crippen LogP contribution in [-0.2, 0) is 14.3 Å². The summed E-state index contributed by atoms with van der Waals surface area (Å²) >= 11 is 3.45. The zero-order valence-corrected chi connectivity index (χ0v) is 24.8. The summed E-state index contributed by atoms with van der Waals surface area (Å²) in [6, 6.07) is 11.3. The molecule has 8 heteroatoms. The van der Waals surface area contributed by atoms with Crippen molar-refractivity contribution >= 4 is 27.7 Å². The Balaban J connectivity index is 1.57. The molecule has 0 spiro atoms. The van der Waals surface area contributed by atoms with Crippen LogP contribution in [0.2, 0.25) is 0 Å². The number of hydrogen-bond acceptors (Lipinski definition) is 7. The highest BCUT2D eigenvalue weighted by atomic mass is 79.9. The molecule has 1 aliphatic heterocycles. The van der Waals surface area contributed by atoms with E-state index < -0.39 is 11.9 Å². The lowest BCUT2D eigenvalue weighted by Crippen LogP contribution is -2.37. The van der Waals surface area contributed by atoms with Crippen LogP contribution in [0.3, 0.4) is 0 Å². The number of Topliss-reactive ketones (excluding diaryl/α,β-unsaturated/α-hetero) is 1. The number of ketones is 1. The molecular formula is C32H36BrNO6. The van der Waals surface area contributed by atoms with Crippen LogP contribution in [0.1, 0.15) is 81.8 Å². The van der Waals surface area contributed by atoms with Crippen LogP contribution in [0.15, 0.2) is 63.4 Å². The van der Waals surface area contributed by atoms with Crippen molar-refractivity contribution in [3.05, 3.63) is 74.5 Å². The van der Waals surface area contributed by atoms with E-state index in [0.717, 1.165) is 49.1 Å². The summed E-state index contributed by atoms with van der Waals surface area (Å²) in [7, 11) is 1.63. The number of dihydropyridines is 1. The van der Waals surface area contributed by atoms with Gasteiger partial charge in [0, 0.05) is 29.3 Å². The van der Waals surface area contributed by atoms with Crippen molar-refractivity contribution in [1.29, 1.82) is 0 Å². The van der Waals surface area contributed by atoms with Crippen molar-refractivity contribution in [3.8, 4) is 17.2 Å². The van der Waals surface area contributed by atoms with Crippen LogP contribution in [0.4, 0.5) is 0 Å². The quantitative estimate of drug-likeness (QED) is 0.333. The third-order valence-electron chi connectivity index (χ3n) is 8.14. The number of allylic oxidation sites excluding steroid dienone is 3. The lowest BCUT2D eigenvalue weighted by Gasteiger charge is -2.37. The van der Waals surface area contributed by atoms with Gasteiger partial charge in [-0.1, -0.05) is 18.6 Å². The molecule has 1 heterocycles. The molecule has 2 atom stereocenters. The molecule has 0 amide bonds. The van der Waals surface area contributed by atoms with E-state index in [1.165, 1.54) is 0 Å². The van der Waals surface area contributed by atoms with Crippen molar-refractivity contribution in [3.63, 3.8) is 0 Å². The molecule has 40 heavy (non-hydrogen) atoms. The minimum Gasteiger partial charge on any atom is -0.503 e. The van der Waals surface area contributed by atoms with E-state index in [1.54, 1.807) is 19.2 Å². The lowest BCUT2D eigenvalue weighted by molar-refractivity contribution is -0.146. The van der Waals surface area contributed by atoms with Gasteiger partial charge in [-0.2, -0.15) is 0 Å². The Morgan fingerprint density at radius 2 is 1.80 bits per heavy atom. The molecular weight excluding hydrogens is 574 g/mol. The summed E-state index contributed by atoms with van der Waals surface area (Å²) in [6.45, 7) is 4.07. The smallest absolute Gasteiger partial charge is 0.337 e. The fourth-order valence-electron chi connectivity index (χ4n) is 6.18. The number of phenolic OH excluding ortho intramolecular Hbond substituents is 1. The Bertz CT molecular complexity index is 1360. The van der Waals surface area contributed by atoms with E-state index in [2.05, 4.69) is 21.2 Å². The van der Waals surface area contributed by atoms with Gasteiger partial charge in [0.25, 0.3) is 0 Å². The summed E-state index contributed by atoms with van der Waals surface area (Å²) in [6.07, 6.45) is 5.78. The molecule has 2 aromatic rings. The molecule has 2 unspecified atom stereocenters. The summed E-state index contributed by atoms with van der Waals surface area (Å²) in [5, 5.41) is 14.0. The Labute approximate surface area is 243 Å². The average Bonchev–Trinajstić information content (AvgIpc) is 2.95. The van der Waals surface area contributed by atoms with E-state index in [1.807, 2.05) is 38.1 Å². The fourth-order valence-corrected chi connectivity index (χ4v) is 6.64. The van der Waals surface area contributed by atoms with Crippen molar-refractivity contribution in [1.82, 2.24) is 5.32 Å². The molecule has 2 N–H and O–H groups in total. The molecule has 0 bridgehead atoms. The molecule has 212 valence electrons. The van der Waals surface area contributed by atoms with Crippen LogP contribution in [0.25, 0.3) is 0 Å². The number of methoxy groups -OCH3 is 1. The Morgan fingerprint density at radius 1 is 1.07 bits per heavy atom. The van der Waals surface area contributed by atoms with Crippen LogP contribution in [-0.4, -0.2) is 36.7 Å². The minimum absolute atomic E-state index is 0.000568. The van der Waals surface area contributed by atoms with Gasteiger partial charge in [0.15, 0.2) is 17.3 Å². The second-order valence-corrected chi connectivity index (χ2v) is 11.6. The van der Waals surface area contributed by atoms with Gasteiger partial charge < -0.3 is 24.6 Å². The maximum Gasteiger partial charge on any atom is 0.337 e. The van der Waals surface area contributed by atoms with E-state index in [4.69, 9.17) is 14.2 Å². The molecule has 5 rings (SSSR count). The van der Waals surface area contributed by atoms with Gasteiger partial charge in [-0.05, 0) is 103 Å². The van der Waals surface area contributed by atoms with Gasteiger partial charge in [-0.15, -0.1) is 0 Å². The molecule has 0 aromatic heterocycles. The first-order valence-electron chi connectivity index (χ1n) is 14.0. The number of hydrogen-bond donors (Lipinski definition) is 2. The normalized spacial score (nSPS) is 21.6. The number of nitrogens with one attached hydrogen (secondary N) is 1. The number of carbonyl (C=O) groups excluding carboxylic acids is 2. The lowest BCUT2D eigenvalue weighted by atomic mass is 9.71. The van der Waals surface area contributed by atoms with Crippen LogP contribution >= 0.6 is 15.9 Å². The first kappa shape index (κ1) is 28.3. The number of benzene rings is 2. The molecule has 2 aromatic carbocycles. The monoisotopic (exact) mass is 609 g/mol. The molecule has 0 saturated heterocycles. The first-order chi connectivity index (χ1) is 19.3. The third kappa shape index (κ3) is 5.64. The predicted octanol–water partition coefficient (Wildman–Crippen LogP) is 6.80. The molecule has 3 aliphatic rings. The standard InChI is InChI=1S/C32H36BrNO6/c1-4-39-27-17-21(14-24(33)31(27)36)29-28(32(37)40-23-8-6-5-7-9-23)18(2)34-25-15-20(16-26(35)30(25)29)19-10-12-22(38-3)13-11-19/h10-14,17,20,23,29,34,36H,4-9,15-16H2,1-3H3. The topological polar surface area (TPSA) is 94.1 Å². The molecule has 2 aliphatic carbocycles. The molecule has 1 saturated carbocycles. The molecule has 7 nitrogen and oxygen atoms in total. The number of esters is 1. The second kappa shape index (κ2) is 12.1. The average molecular weight is 611 g/mol. The second-order valence-electron chi connectivity index (χ2n) is 10.7. The first-order valence-corrected chi connectivity index (χ1v) is 14.8. The van der Waals surface area contributed by atoms with E-state index in [9.17, 15) is 14.7 Å². The zero-order valence-electron chi connectivity index (χ0n) is 23.2. The predicted molar refractivity (Wildman–Crippen MR) is 156 cm³/mol. The number of rotatable bonds is 7. The number of phenols is 1. The molecule has 1 fully saturated rings. The van der Waals surface area contributed by atoms with Crippen molar-refractivity contribution in [2.24, 2.45) is 0 Å². The van der Waals surface area contributed by atoms with Gasteiger partial charge in [0.2, 0.25) is 0 Å². The highest BCUT2D eigenvalue weighted by Gasteiger charge is 2.42. The zero-order chi connectivity index (χ0) is 28.4. The van der Waals surface area contributed by atoms with Crippen LogP contribution in [0, 0.1) is 0 Å². The van der Waals surface area contributed by atoms with Gasteiger partial charge >= 0.3 is 5.97 Å². The van der Waals surface area contributed by atoms with Crippen molar-refractivity contribution < 1.29 is 28.9 Å². The Hall–Kier alpha value is -3.26. The van der Waals surface area contributed by atoms with Crippen LogP contribution < -0.4 is 14.8 Å². The maximum absolute atomic E-state index is 14.0. The fraction of sp³-hybridized carbons (Fsp3) is 0.438. The SMILES string of the molecule is CCOc1cc(C2C(C(=O)OC3CCCCC3)=C(C)NC3=C2C(=O)CC(c2ccc(OC)cc2)C3)cc(Br)c1O. The summed E-state index contributed by atoms with van der Waals surface area (Å²) in [5.74, 6) is -0.0190. The van der Waals surface area contributed by atoms with Crippen LogP contribution in [0.5, 0.6) is 17.2 Å². The van der Waals surface area contributed by atoms with Crippen molar-refractivity contribution in [2.75, 3.05) is 13.7 Å². The maximum atomic E-state index is 14.0. The number of ether oxygens (including phenoxy) is 3. The summed E-state index contributed by atoms with van der Waals surface area (Å²) in [4.78, 5) is 27.7. The molecule has 0 radical (unpaired) electrons. The summed E-state index contributed by atoms with van der Waals surface area (Å²) in [5.41, 5.74) is 4.25. The largest absolute Gasteiger partial charge is 0.503 e. The third-order valence-corrected chi connectivity index (χ3v) is 8.75. The number of aromatic hydroxyl groups is 1. The number of carbonyl (C=O) groups is 2.